The Bertz CT molecular complexity index is 581. The Labute approximate surface area is 117 Å². The van der Waals surface area contributed by atoms with Crippen LogP contribution in [0.2, 0.25) is 0 Å². The molecule has 0 aliphatic heterocycles. The minimum Gasteiger partial charge on any atom is -0.493 e. The molecular formula is C15H15ClO3. The Morgan fingerprint density at radius 2 is 1.89 bits per heavy atom. The molecule has 0 amide bonds. The van der Waals surface area contributed by atoms with Crippen LogP contribution in [-0.2, 0) is 4.74 Å². The molecule has 0 N–H and O–H groups in total. The first kappa shape index (κ1) is 13.7. The Morgan fingerprint density at radius 1 is 1.21 bits per heavy atom. The van der Waals surface area contributed by atoms with Crippen molar-refractivity contribution in [3.63, 3.8) is 0 Å². The van der Waals surface area contributed by atoms with Crippen LogP contribution in [0.25, 0.3) is 10.8 Å². The molecule has 0 heterocycles. The van der Waals surface area contributed by atoms with Crippen LogP contribution in [0.15, 0.2) is 36.4 Å². The van der Waals surface area contributed by atoms with Gasteiger partial charge in [-0.25, -0.2) is 4.79 Å². The van der Waals surface area contributed by atoms with E-state index in [1.807, 2.05) is 30.3 Å². The summed E-state index contributed by atoms with van der Waals surface area (Å²) in [5, 5.41) is 2.00. The smallest absolute Gasteiger partial charge is 0.341 e. The highest BCUT2D eigenvalue weighted by atomic mass is 35.5. The van der Waals surface area contributed by atoms with Gasteiger partial charge in [-0.2, -0.15) is 0 Å². The van der Waals surface area contributed by atoms with E-state index in [-0.39, 0.29) is 0 Å². The number of ether oxygens (including phenoxy) is 2. The SMILES string of the molecule is COC(=O)c1cc2ccccc2cc1OCCCCl. The number of benzene rings is 2. The maximum atomic E-state index is 11.8. The second-order valence-electron chi connectivity index (χ2n) is 4.08. The van der Waals surface area contributed by atoms with Crippen LogP contribution in [0.1, 0.15) is 16.8 Å². The monoisotopic (exact) mass is 278 g/mol. The maximum absolute atomic E-state index is 11.8. The van der Waals surface area contributed by atoms with Crippen molar-refractivity contribution in [1.82, 2.24) is 0 Å². The molecule has 19 heavy (non-hydrogen) atoms. The van der Waals surface area contributed by atoms with Gasteiger partial charge in [-0.1, -0.05) is 24.3 Å². The Morgan fingerprint density at radius 3 is 2.53 bits per heavy atom. The number of methoxy groups -OCH3 is 1. The fourth-order valence-corrected chi connectivity index (χ4v) is 1.95. The van der Waals surface area contributed by atoms with E-state index in [1.165, 1.54) is 7.11 Å². The van der Waals surface area contributed by atoms with E-state index in [9.17, 15) is 4.79 Å². The van der Waals surface area contributed by atoms with E-state index >= 15 is 0 Å². The molecule has 0 saturated carbocycles. The van der Waals surface area contributed by atoms with Gasteiger partial charge in [0.05, 0.1) is 13.7 Å². The normalized spacial score (nSPS) is 10.4. The van der Waals surface area contributed by atoms with Crippen molar-refractivity contribution in [2.75, 3.05) is 19.6 Å². The Hall–Kier alpha value is -1.74. The average molecular weight is 279 g/mol. The number of fused-ring (bicyclic) bond motifs is 1. The Balaban J connectivity index is 2.41. The summed E-state index contributed by atoms with van der Waals surface area (Å²) in [6, 6.07) is 11.4. The molecule has 2 aromatic rings. The third-order valence-corrected chi connectivity index (χ3v) is 3.06. The molecule has 0 unspecified atom stereocenters. The lowest BCUT2D eigenvalue weighted by atomic mass is 10.1. The molecule has 0 saturated heterocycles. The highest BCUT2D eigenvalue weighted by Gasteiger charge is 2.14. The minimum absolute atomic E-state index is 0.397. The molecule has 100 valence electrons. The highest BCUT2D eigenvalue weighted by molar-refractivity contribution is 6.17. The minimum atomic E-state index is -0.397. The van der Waals surface area contributed by atoms with Crippen LogP contribution < -0.4 is 4.74 Å². The molecule has 0 spiro atoms. The van der Waals surface area contributed by atoms with Gasteiger partial charge in [0.25, 0.3) is 0 Å². The van der Waals surface area contributed by atoms with Crippen molar-refractivity contribution in [2.45, 2.75) is 6.42 Å². The van der Waals surface area contributed by atoms with E-state index in [0.29, 0.717) is 23.8 Å². The molecule has 0 radical (unpaired) electrons. The zero-order valence-electron chi connectivity index (χ0n) is 10.7. The largest absolute Gasteiger partial charge is 0.493 e. The van der Waals surface area contributed by atoms with Crippen molar-refractivity contribution in [2.24, 2.45) is 0 Å². The summed E-state index contributed by atoms with van der Waals surface area (Å²) < 4.78 is 10.4. The number of carbonyl (C=O) groups is 1. The first-order valence-corrected chi connectivity index (χ1v) is 6.59. The van der Waals surface area contributed by atoms with Crippen LogP contribution in [0.4, 0.5) is 0 Å². The highest BCUT2D eigenvalue weighted by Crippen LogP contribution is 2.27. The lowest BCUT2D eigenvalue weighted by Crippen LogP contribution is -2.07. The van der Waals surface area contributed by atoms with Crippen molar-refractivity contribution in [3.05, 3.63) is 42.0 Å². The van der Waals surface area contributed by atoms with E-state index < -0.39 is 5.97 Å². The number of halogens is 1. The molecule has 4 heteroatoms. The van der Waals surface area contributed by atoms with Crippen molar-refractivity contribution in [3.8, 4) is 5.75 Å². The van der Waals surface area contributed by atoms with E-state index in [2.05, 4.69) is 0 Å². The lowest BCUT2D eigenvalue weighted by Gasteiger charge is -2.11. The number of hydrogen-bond acceptors (Lipinski definition) is 3. The number of carbonyl (C=O) groups excluding carboxylic acids is 1. The molecule has 0 bridgehead atoms. The van der Waals surface area contributed by atoms with Crippen LogP contribution in [0.3, 0.4) is 0 Å². The van der Waals surface area contributed by atoms with E-state index in [4.69, 9.17) is 21.1 Å². The molecule has 0 atom stereocenters. The maximum Gasteiger partial charge on any atom is 0.341 e. The average Bonchev–Trinajstić information content (AvgIpc) is 2.46. The number of hydrogen-bond donors (Lipinski definition) is 0. The van der Waals surface area contributed by atoms with E-state index in [1.54, 1.807) is 6.07 Å². The van der Waals surface area contributed by atoms with Gasteiger partial charge < -0.3 is 9.47 Å². The number of rotatable bonds is 5. The Kier molecular flexibility index (Phi) is 4.63. The molecule has 0 aromatic heterocycles. The molecule has 0 aliphatic rings. The van der Waals surface area contributed by atoms with Crippen LogP contribution in [0, 0.1) is 0 Å². The molecule has 0 aliphatic carbocycles. The molecular weight excluding hydrogens is 264 g/mol. The van der Waals surface area contributed by atoms with Gasteiger partial charge in [-0.15, -0.1) is 11.6 Å². The molecule has 2 rings (SSSR count). The summed E-state index contributed by atoms with van der Waals surface area (Å²) >= 11 is 5.62. The summed E-state index contributed by atoms with van der Waals surface area (Å²) in [4.78, 5) is 11.8. The van der Waals surface area contributed by atoms with Gasteiger partial charge in [0.2, 0.25) is 0 Å². The molecule has 0 fully saturated rings. The zero-order valence-corrected chi connectivity index (χ0v) is 11.4. The fraction of sp³-hybridized carbons (Fsp3) is 0.267. The van der Waals surface area contributed by atoms with E-state index in [0.717, 1.165) is 17.2 Å². The second-order valence-corrected chi connectivity index (χ2v) is 4.46. The summed E-state index contributed by atoms with van der Waals surface area (Å²) in [6.45, 7) is 0.478. The third-order valence-electron chi connectivity index (χ3n) is 2.79. The number of alkyl halides is 1. The molecule has 3 nitrogen and oxygen atoms in total. The predicted octanol–water partition coefficient (Wildman–Crippen LogP) is 3.63. The molecule has 2 aromatic carbocycles. The van der Waals surface area contributed by atoms with Crippen LogP contribution >= 0.6 is 11.6 Å². The lowest BCUT2D eigenvalue weighted by molar-refractivity contribution is 0.0596. The van der Waals surface area contributed by atoms with Gasteiger partial charge in [0.1, 0.15) is 11.3 Å². The summed E-state index contributed by atoms with van der Waals surface area (Å²) in [5.74, 6) is 0.670. The van der Waals surface area contributed by atoms with Gasteiger partial charge in [-0.3, -0.25) is 0 Å². The summed E-state index contributed by atoms with van der Waals surface area (Å²) in [7, 11) is 1.36. The topological polar surface area (TPSA) is 35.5 Å². The first-order chi connectivity index (χ1) is 9.26. The van der Waals surface area contributed by atoms with Crippen molar-refractivity contribution < 1.29 is 14.3 Å². The van der Waals surface area contributed by atoms with Gasteiger partial charge in [0, 0.05) is 5.88 Å². The summed E-state index contributed by atoms with van der Waals surface area (Å²) in [6.07, 6.45) is 0.731. The van der Waals surface area contributed by atoms with Gasteiger partial charge in [-0.05, 0) is 29.3 Å². The number of esters is 1. The van der Waals surface area contributed by atoms with Gasteiger partial charge in [0.15, 0.2) is 0 Å². The first-order valence-electron chi connectivity index (χ1n) is 6.06. The standard InChI is InChI=1S/C15H15ClO3/c1-18-15(17)13-9-11-5-2-3-6-12(11)10-14(13)19-8-4-7-16/h2-3,5-6,9-10H,4,7-8H2,1H3. The van der Waals surface area contributed by atoms with Crippen molar-refractivity contribution in [1.29, 1.82) is 0 Å². The summed E-state index contributed by atoms with van der Waals surface area (Å²) in [5.41, 5.74) is 0.441. The van der Waals surface area contributed by atoms with Gasteiger partial charge >= 0.3 is 5.97 Å². The van der Waals surface area contributed by atoms with Crippen LogP contribution in [-0.4, -0.2) is 25.6 Å². The predicted molar refractivity (Wildman–Crippen MR) is 76.1 cm³/mol. The zero-order chi connectivity index (χ0) is 13.7. The second kappa shape index (κ2) is 6.43. The fourth-order valence-electron chi connectivity index (χ4n) is 1.84. The van der Waals surface area contributed by atoms with Crippen molar-refractivity contribution >= 4 is 28.3 Å². The quantitative estimate of drug-likeness (QED) is 0.476. The third kappa shape index (κ3) is 3.18. The van der Waals surface area contributed by atoms with Crippen LogP contribution in [0.5, 0.6) is 5.75 Å².